The number of nitrogens with one attached hydrogen (secondary N) is 1. The van der Waals surface area contributed by atoms with E-state index in [1.54, 1.807) is 6.20 Å². The molecular weight excluding hydrogens is 318 g/mol. The molecule has 2 rings (SSSR count). The molecule has 2 aromatic rings. The Morgan fingerprint density at radius 2 is 2.09 bits per heavy atom. The van der Waals surface area contributed by atoms with Gasteiger partial charge in [0.2, 0.25) is 5.91 Å². The first-order valence-electron chi connectivity index (χ1n) is 7.32. The molecule has 1 aromatic heterocycles. The molecule has 0 saturated carbocycles. The summed E-state index contributed by atoms with van der Waals surface area (Å²) >= 11 is 7.36. The SMILES string of the molecule is CCC(NC(=O)CSc1nccn1CC)c1ccc(Cl)cc1. The molecule has 1 heterocycles. The van der Waals surface area contributed by atoms with Crippen LogP contribution in [0.5, 0.6) is 0 Å². The van der Waals surface area contributed by atoms with Crippen molar-refractivity contribution in [1.82, 2.24) is 14.9 Å². The predicted octanol–water partition coefficient (Wildman–Crippen LogP) is 3.92. The lowest BCUT2D eigenvalue weighted by atomic mass is 10.0. The molecule has 4 nitrogen and oxygen atoms in total. The zero-order valence-corrected chi connectivity index (χ0v) is 14.3. The Balaban J connectivity index is 1.91. The number of thioether (sulfide) groups is 1. The second-order valence-corrected chi connectivity index (χ2v) is 6.24. The van der Waals surface area contributed by atoms with Crippen molar-refractivity contribution in [3.63, 3.8) is 0 Å². The molecule has 0 aliphatic carbocycles. The van der Waals surface area contributed by atoms with Gasteiger partial charge in [0, 0.05) is 24.0 Å². The van der Waals surface area contributed by atoms with Crippen LogP contribution in [0.1, 0.15) is 31.9 Å². The molecule has 1 N–H and O–H groups in total. The van der Waals surface area contributed by atoms with Crippen molar-refractivity contribution in [1.29, 1.82) is 0 Å². The molecule has 22 heavy (non-hydrogen) atoms. The molecule has 0 aliphatic rings. The number of benzene rings is 1. The first-order chi connectivity index (χ1) is 10.6. The highest BCUT2D eigenvalue weighted by atomic mass is 35.5. The van der Waals surface area contributed by atoms with Gasteiger partial charge < -0.3 is 9.88 Å². The smallest absolute Gasteiger partial charge is 0.230 e. The minimum Gasteiger partial charge on any atom is -0.349 e. The molecule has 0 fully saturated rings. The van der Waals surface area contributed by atoms with Crippen LogP contribution < -0.4 is 5.32 Å². The Morgan fingerprint density at radius 3 is 2.73 bits per heavy atom. The summed E-state index contributed by atoms with van der Waals surface area (Å²) in [5.41, 5.74) is 1.07. The highest BCUT2D eigenvalue weighted by molar-refractivity contribution is 7.99. The fourth-order valence-electron chi connectivity index (χ4n) is 2.16. The average molecular weight is 338 g/mol. The Morgan fingerprint density at radius 1 is 1.36 bits per heavy atom. The van der Waals surface area contributed by atoms with Gasteiger partial charge in [-0.2, -0.15) is 0 Å². The van der Waals surface area contributed by atoms with Gasteiger partial charge in [-0.25, -0.2) is 4.98 Å². The summed E-state index contributed by atoms with van der Waals surface area (Å²) in [4.78, 5) is 16.4. The van der Waals surface area contributed by atoms with Crippen LogP contribution in [0.25, 0.3) is 0 Å². The largest absolute Gasteiger partial charge is 0.349 e. The number of hydrogen-bond acceptors (Lipinski definition) is 3. The van der Waals surface area contributed by atoms with Crippen LogP contribution in [0.4, 0.5) is 0 Å². The summed E-state index contributed by atoms with van der Waals surface area (Å²) in [7, 11) is 0. The van der Waals surface area contributed by atoms with Crippen LogP contribution in [0.3, 0.4) is 0 Å². The summed E-state index contributed by atoms with van der Waals surface area (Å²) in [5, 5.41) is 4.64. The van der Waals surface area contributed by atoms with E-state index >= 15 is 0 Å². The number of imidazole rings is 1. The van der Waals surface area contributed by atoms with Gasteiger partial charge in [-0.3, -0.25) is 4.79 Å². The lowest BCUT2D eigenvalue weighted by Gasteiger charge is -2.17. The van der Waals surface area contributed by atoms with Crippen LogP contribution in [-0.4, -0.2) is 21.2 Å². The molecule has 0 saturated heterocycles. The van der Waals surface area contributed by atoms with Crippen molar-refractivity contribution in [2.75, 3.05) is 5.75 Å². The zero-order valence-electron chi connectivity index (χ0n) is 12.8. The fourth-order valence-corrected chi connectivity index (χ4v) is 3.12. The fraction of sp³-hybridized carbons (Fsp3) is 0.375. The monoisotopic (exact) mass is 337 g/mol. The molecule has 1 aromatic carbocycles. The molecule has 1 unspecified atom stereocenters. The molecule has 0 radical (unpaired) electrons. The summed E-state index contributed by atoms with van der Waals surface area (Å²) in [6.45, 7) is 4.96. The number of nitrogens with zero attached hydrogens (tertiary/aromatic N) is 2. The second-order valence-electron chi connectivity index (χ2n) is 4.86. The molecule has 0 bridgehead atoms. The minimum atomic E-state index is 0.0105. The van der Waals surface area contributed by atoms with Crippen LogP contribution in [-0.2, 0) is 11.3 Å². The molecular formula is C16H20ClN3OS. The van der Waals surface area contributed by atoms with Crippen LogP contribution in [0, 0.1) is 0 Å². The van der Waals surface area contributed by atoms with Crippen molar-refractivity contribution < 1.29 is 4.79 Å². The maximum Gasteiger partial charge on any atom is 0.230 e. The lowest BCUT2D eigenvalue weighted by molar-refractivity contribution is -0.119. The Hall–Kier alpha value is -1.46. The van der Waals surface area contributed by atoms with Crippen molar-refractivity contribution in [2.24, 2.45) is 0 Å². The van der Waals surface area contributed by atoms with Gasteiger partial charge in [-0.1, -0.05) is 42.4 Å². The van der Waals surface area contributed by atoms with E-state index < -0.39 is 0 Å². The normalized spacial score (nSPS) is 12.1. The minimum absolute atomic E-state index is 0.0105. The van der Waals surface area contributed by atoms with E-state index in [1.807, 2.05) is 35.0 Å². The summed E-state index contributed by atoms with van der Waals surface area (Å²) in [5.74, 6) is 0.374. The molecule has 6 heteroatoms. The van der Waals surface area contributed by atoms with Gasteiger partial charge in [0.25, 0.3) is 0 Å². The van der Waals surface area contributed by atoms with Gasteiger partial charge in [0.15, 0.2) is 5.16 Å². The van der Waals surface area contributed by atoms with Gasteiger partial charge in [0.05, 0.1) is 11.8 Å². The van der Waals surface area contributed by atoms with E-state index in [1.165, 1.54) is 11.8 Å². The van der Waals surface area contributed by atoms with Gasteiger partial charge >= 0.3 is 0 Å². The van der Waals surface area contributed by atoms with E-state index in [0.29, 0.717) is 10.8 Å². The molecule has 118 valence electrons. The van der Waals surface area contributed by atoms with Gasteiger partial charge in [-0.05, 0) is 31.0 Å². The van der Waals surface area contributed by atoms with Crippen molar-refractivity contribution in [2.45, 2.75) is 38.0 Å². The third kappa shape index (κ3) is 4.52. The second kappa shape index (κ2) is 8.25. The topological polar surface area (TPSA) is 46.9 Å². The summed E-state index contributed by atoms with van der Waals surface area (Å²) in [6, 6.07) is 7.61. The summed E-state index contributed by atoms with van der Waals surface area (Å²) in [6.07, 6.45) is 4.51. The van der Waals surface area contributed by atoms with E-state index in [2.05, 4.69) is 24.1 Å². The van der Waals surface area contributed by atoms with Crippen molar-refractivity contribution in [3.05, 3.63) is 47.2 Å². The molecule has 0 aliphatic heterocycles. The lowest BCUT2D eigenvalue weighted by Crippen LogP contribution is -2.29. The number of carbonyl (C=O) groups is 1. The maximum absolute atomic E-state index is 12.2. The number of aromatic nitrogens is 2. The number of aryl methyl sites for hydroxylation is 1. The standard InChI is InChI=1S/C16H20ClN3OS/c1-3-14(12-5-7-13(17)8-6-12)19-15(21)11-22-16-18-9-10-20(16)4-2/h5-10,14H,3-4,11H2,1-2H3,(H,19,21). The number of amides is 1. The average Bonchev–Trinajstić information content (AvgIpc) is 2.99. The van der Waals surface area contributed by atoms with E-state index in [-0.39, 0.29) is 11.9 Å². The highest BCUT2D eigenvalue weighted by Gasteiger charge is 2.13. The Labute approximate surface area is 140 Å². The number of hydrogen-bond donors (Lipinski definition) is 1. The summed E-state index contributed by atoms with van der Waals surface area (Å²) < 4.78 is 2.02. The Bertz CT molecular complexity index is 612. The highest BCUT2D eigenvalue weighted by Crippen LogP contribution is 2.20. The third-order valence-corrected chi connectivity index (χ3v) is 4.62. The van der Waals surface area contributed by atoms with Gasteiger partial charge in [0.1, 0.15) is 0 Å². The van der Waals surface area contributed by atoms with E-state index in [4.69, 9.17) is 11.6 Å². The number of halogens is 1. The van der Waals surface area contributed by atoms with Crippen molar-refractivity contribution >= 4 is 29.3 Å². The predicted molar refractivity (Wildman–Crippen MR) is 91.3 cm³/mol. The van der Waals surface area contributed by atoms with Crippen molar-refractivity contribution in [3.8, 4) is 0 Å². The van der Waals surface area contributed by atoms with Crippen LogP contribution >= 0.6 is 23.4 Å². The molecule has 1 atom stereocenters. The number of carbonyl (C=O) groups excluding carboxylic acids is 1. The molecule has 1 amide bonds. The quantitative estimate of drug-likeness (QED) is 0.779. The van der Waals surface area contributed by atoms with Gasteiger partial charge in [-0.15, -0.1) is 0 Å². The zero-order chi connectivity index (χ0) is 15.9. The third-order valence-electron chi connectivity index (χ3n) is 3.37. The maximum atomic E-state index is 12.2. The van der Waals surface area contributed by atoms with E-state index in [0.717, 1.165) is 23.7 Å². The van der Waals surface area contributed by atoms with E-state index in [9.17, 15) is 4.79 Å². The Kier molecular flexibility index (Phi) is 6.34. The first kappa shape index (κ1) is 16.9. The van der Waals surface area contributed by atoms with Crippen LogP contribution in [0.15, 0.2) is 41.8 Å². The van der Waals surface area contributed by atoms with Crippen LogP contribution in [0.2, 0.25) is 5.02 Å². The first-order valence-corrected chi connectivity index (χ1v) is 8.69. The molecule has 0 spiro atoms. The number of rotatable bonds is 7.